The molecular weight excluding hydrogens is 192 g/mol. The fraction of sp³-hybridized carbons (Fsp3) is 0.500. The summed E-state index contributed by atoms with van der Waals surface area (Å²) < 4.78 is 5.19. The van der Waals surface area contributed by atoms with Crippen molar-refractivity contribution in [1.29, 1.82) is 0 Å². The summed E-state index contributed by atoms with van der Waals surface area (Å²) in [6, 6.07) is 3.72. The molecule has 1 heterocycles. The maximum absolute atomic E-state index is 5.77. The Morgan fingerprint density at radius 3 is 2.87 bits per heavy atom. The van der Waals surface area contributed by atoms with Crippen molar-refractivity contribution >= 4 is 5.82 Å². The first-order chi connectivity index (χ1) is 7.19. The van der Waals surface area contributed by atoms with Crippen LogP contribution >= 0.6 is 0 Å². The highest BCUT2D eigenvalue weighted by molar-refractivity contribution is 5.40. The van der Waals surface area contributed by atoms with Gasteiger partial charge in [0.1, 0.15) is 5.82 Å². The van der Waals surface area contributed by atoms with Gasteiger partial charge >= 0.3 is 0 Å². The second-order valence-corrected chi connectivity index (χ2v) is 3.48. The number of rotatable bonds is 5. The fourth-order valence-corrected chi connectivity index (χ4v) is 1.44. The number of ether oxygens (including phenoxy) is 1. The van der Waals surface area contributed by atoms with Crippen molar-refractivity contribution in [2.75, 3.05) is 12.8 Å². The van der Waals surface area contributed by atoms with Crippen LogP contribution in [-0.2, 0) is 4.74 Å². The van der Waals surface area contributed by atoms with Crippen LogP contribution in [0.5, 0.6) is 0 Å². The van der Waals surface area contributed by atoms with Crippen LogP contribution in [0.15, 0.2) is 18.3 Å². The molecule has 0 aliphatic heterocycles. The maximum Gasteiger partial charge on any atom is 0.128 e. The first kappa shape index (κ1) is 11.9. The van der Waals surface area contributed by atoms with Crippen LogP contribution in [0.25, 0.3) is 0 Å². The third kappa shape index (κ3) is 3.16. The van der Waals surface area contributed by atoms with Crippen LogP contribution in [0.3, 0.4) is 0 Å². The van der Waals surface area contributed by atoms with Gasteiger partial charge in [0.2, 0.25) is 0 Å². The predicted molar refractivity (Wildman–Crippen MR) is 59.8 cm³/mol. The topological polar surface area (TPSA) is 86.2 Å². The lowest BCUT2D eigenvalue weighted by Gasteiger charge is -2.20. The van der Waals surface area contributed by atoms with Crippen molar-refractivity contribution in [3.63, 3.8) is 0 Å². The van der Waals surface area contributed by atoms with E-state index in [1.54, 1.807) is 13.3 Å². The second-order valence-electron chi connectivity index (χ2n) is 3.48. The summed E-state index contributed by atoms with van der Waals surface area (Å²) >= 11 is 0. The van der Waals surface area contributed by atoms with Crippen LogP contribution in [-0.4, -0.2) is 18.2 Å². The number of nitrogen functional groups attached to an aromatic ring is 1. The highest BCUT2D eigenvalue weighted by atomic mass is 16.5. The molecule has 1 aromatic rings. The summed E-state index contributed by atoms with van der Waals surface area (Å²) in [5, 5.41) is 0. The van der Waals surface area contributed by atoms with E-state index in [0.29, 0.717) is 5.82 Å². The lowest BCUT2D eigenvalue weighted by atomic mass is 10.0. The minimum absolute atomic E-state index is 0.0337. The first-order valence-corrected chi connectivity index (χ1v) is 4.88. The van der Waals surface area contributed by atoms with E-state index in [4.69, 9.17) is 16.3 Å². The molecule has 0 radical (unpaired) electrons. The fourth-order valence-electron chi connectivity index (χ4n) is 1.44. The Morgan fingerprint density at radius 1 is 1.60 bits per heavy atom. The molecule has 0 aliphatic carbocycles. The van der Waals surface area contributed by atoms with Crippen LogP contribution in [0, 0.1) is 0 Å². The zero-order valence-electron chi connectivity index (χ0n) is 9.10. The Labute approximate surface area is 89.8 Å². The van der Waals surface area contributed by atoms with E-state index in [2.05, 4.69) is 10.4 Å². The van der Waals surface area contributed by atoms with Crippen LogP contribution in [0.4, 0.5) is 5.82 Å². The van der Waals surface area contributed by atoms with Gasteiger partial charge in [0.25, 0.3) is 0 Å². The molecule has 5 nitrogen and oxygen atoms in total. The molecule has 0 amide bonds. The summed E-state index contributed by atoms with van der Waals surface area (Å²) in [5.41, 5.74) is 9.40. The summed E-state index contributed by atoms with van der Waals surface area (Å²) in [5.74, 6) is 5.99. The molecule has 0 bridgehead atoms. The molecule has 1 rings (SSSR count). The van der Waals surface area contributed by atoms with E-state index in [0.717, 1.165) is 12.0 Å². The molecule has 0 saturated heterocycles. The number of hydrogen-bond donors (Lipinski definition) is 3. The summed E-state index contributed by atoms with van der Waals surface area (Å²) in [6.07, 6.45) is 2.53. The van der Waals surface area contributed by atoms with Crippen LogP contribution < -0.4 is 17.0 Å². The third-order valence-corrected chi connectivity index (χ3v) is 2.42. The summed E-state index contributed by atoms with van der Waals surface area (Å²) in [4.78, 5) is 4.02. The van der Waals surface area contributed by atoms with Gasteiger partial charge in [0.15, 0.2) is 0 Å². The van der Waals surface area contributed by atoms with Crippen molar-refractivity contribution < 1.29 is 4.74 Å². The molecule has 2 unspecified atom stereocenters. The number of pyridine rings is 1. The van der Waals surface area contributed by atoms with Gasteiger partial charge in [-0.1, -0.05) is 6.07 Å². The van der Waals surface area contributed by atoms with E-state index >= 15 is 0 Å². The van der Waals surface area contributed by atoms with E-state index < -0.39 is 0 Å². The number of nitrogens with zero attached hydrogens (tertiary/aromatic N) is 1. The van der Waals surface area contributed by atoms with Crippen LogP contribution in [0.1, 0.15) is 24.9 Å². The number of aromatic nitrogens is 1. The highest BCUT2D eigenvalue weighted by Crippen LogP contribution is 2.22. The SMILES string of the molecule is COC(C)CC(NN)c1cccnc1N. The van der Waals surface area contributed by atoms with Gasteiger partial charge in [-0.3, -0.25) is 11.3 Å². The zero-order valence-corrected chi connectivity index (χ0v) is 9.10. The zero-order chi connectivity index (χ0) is 11.3. The molecule has 0 fully saturated rings. The smallest absolute Gasteiger partial charge is 0.128 e. The molecule has 84 valence electrons. The molecule has 0 spiro atoms. The Bertz CT molecular complexity index is 305. The van der Waals surface area contributed by atoms with E-state index in [-0.39, 0.29) is 12.1 Å². The molecule has 2 atom stereocenters. The Hall–Kier alpha value is -1.17. The van der Waals surface area contributed by atoms with E-state index in [1.165, 1.54) is 0 Å². The molecule has 15 heavy (non-hydrogen) atoms. The second kappa shape index (κ2) is 5.65. The van der Waals surface area contributed by atoms with Gasteiger partial charge in [0.05, 0.1) is 12.1 Å². The Morgan fingerprint density at radius 2 is 2.33 bits per heavy atom. The first-order valence-electron chi connectivity index (χ1n) is 4.88. The quantitative estimate of drug-likeness (QED) is 0.489. The monoisotopic (exact) mass is 210 g/mol. The minimum atomic E-state index is -0.0337. The number of hydrogen-bond acceptors (Lipinski definition) is 5. The van der Waals surface area contributed by atoms with Gasteiger partial charge in [-0.2, -0.15) is 0 Å². The Kier molecular flexibility index (Phi) is 4.48. The van der Waals surface area contributed by atoms with Crippen molar-refractivity contribution in [3.8, 4) is 0 Å². The van der Waals surface area contributed by atoms with Gasteiger partial charge in [0, 0.05) is 18.9 Å². The van der Waals surface area contributed by atoms with Crippen molar-refractivity contribution in [3.05, 3.63) is 23.9 Å². The van der Waals surface area contributed by atoms with E-state index in [9.17, 15) is 0 Å². The average molecular weight is 210 g/mol. The number of nitrogens with two attached hydrogens (primary N) is 2. The molecule has 0 saturated carbocycles. The molecule has 5 N–H and O–H groups in total. The largest absolute Gasteiger partial charge is 0.383 e. The van der Waals surface area contributed by atoms with Gasteiger partial charge < -0.3 is 10.5 Å². The molecule has 5 heteroatoms. The molecule has 0 aliphatic rings. The maximum atomic E-state index is 5.77. The van der Waals surface area contributed by atoms with Gasteiger partial charge in [-0.05, 0) is 19.4 Å². The lowest BCUT2D eigenvalue weighted by Crippen LogP contribution is -2.31. The molecular formula is C10H18N4O. The number of anilines is 1. The molecule has 1 aromatic heterocycles. The highest BCUT2D eigenvalue weighted by Gasteiger charge is 2.16. The molecule has 0 aromatic carbocycles. The van der Waals surface area contributed by atoms with Gasteiger partial charge in [-0.25, -0.2) is 4.98 Å². The van der Waals surface area contributed by atoms with Crippen LogP contribution in [0.2, 0.25) is 0 Å². The number of methoxy groups -OCH3 is 1. The van der Waals surface area contributed by atoms with Crippen molar-refractivity contribution in [1.82, 2.24) is 10.4 Å². The lowest BCUT2D eigenvalue weighted by molar-refractivity contribution is 0.100. The standard InChI is InChI=1S/C10H18N4O/c1-7(15-2)6-9(14-12)8-4-3-5-13-10(8)11/h3-5,7,9,14H,6,12H2,1-2H3,(H2,11,13). The Balaban J connectivity index is 2.78. The van der Waals surface area contributed by atoms with Crippen molar-refractivity contribution in [2.45, 2.75) is 25.5 Å². The average Bonchev–Trinajstić information content (AvgIpc) is 2.26. The third-order valence-electron chi connectivity index (χ3n) is 2.42. The normalized spacial score (nSPS) is 14.9. The minimum Gasteiger partial charge on any atom is -0.383 e. The summed E-state index contributed by atoms with van der Waals surface area (Å²) in [7, 11) is 1.67. The number of hydrazine groups is 1. The van der Waals surface area contributed by atoms with Crippen molar-refractivity contribution in [2.24, 2.45) is 5.84 Å². The predicted octanol–water partition coefficient (Wildman–Crippen LogP) is 0.593. The number of nitrogens with one attached hydrogen (secondary N) is 1. The van der Waals surface area contributed by atoms with Gasteiger partial charge in [-0.15, -0.1) is 0 Å². The summed E-state index contributed by atoms with van der Waals surface area (Å²) in [6.45, 7) is 1.98. The van der Waals surface area contributed by atoms with E-state index in [1.807, 2.05) is 19.1 Å².